The molecule has 9 heteroatoms. The van der Waals surface area contributed by atoms with Crippen molar-refractivity contribution in [2.45, 2.75) is 56.3 Å². The van der Waals surface area contributed by atoms with Crippen molar-refractivity contribution < 1.29 is 51.7 Å². The van der Waals surface area contributed by atoms with Crippen LogP contribution in [-0.2, 0) is 49.7 Å². The molecule has 4 aliphatic carbocycles. The normalized spacial score (nSPS) is 17.7. The molecular weight excluding hydrogens is 850 g/mol. The molecule has 53 heavy (non-hydrogen) atoms. The molecule has 2 aromatic rings. The summed E-state index contributed by atoms with van der Waals surface area (Å²) >= 11 is 9.16. The van der Waals surface area contributed by atoms with E-state index < -0.39 is 10.1 Å². The Hall–Kier alpha value is -2.25. The number of halogens is 2. The van der Waals surface area contributed by atoms with Gasteiger partial charge in [0.25, 0.3) is 0 Å². The van der Waals surface area contributed by atoms with E-state index in [4.69, 9.17) is 11.6 Å². The molecule has 0 spiro atoms. The van der Waals surface area contributed by atoms with E-state index in [1.165, 1.54) is 65.0 Å². The Balaban J connectivity index is -0.000000772. The molecule has 0 N–H and O–H groups in total. The third kappa shape index (κ3) is 17.0. The van der Waals surface area contributed by atoms with Crippen molar-refractivity contribution in [2.24, 2.45) is 11.8 Å². The van der Waals surface area contributed by atoms with E-state index in [1.54, 1.807) is 0 Å². The Morgan fingerprint density at radius 1 is 0.774 bits per heavy atom. The van der Waals surface area contributed by atoms with Gasteiger partial charge in [-0.1, -0.05) is 131 Å². The maximum absolute atomic E-state index is 10.3. The molecule has 0 saturated heterocycles. The Kier molecular flexibility index (Phi) is 28.4. The molecule has 1 aliphatic heterocycles. The van der Waals surface area contributed by atoms with Gasteiger partial charge < -0.3 is 34.3 Å². The second kappa shape index (κ2) is 27.3. The molecule has 4 nitrogen and oxygen atoms in total. The number of fused-ring (bicyclic) bond motifs is 1. The first-order valence-electron chi connectivity index (χ1n) is 16.0. The average Bonchev–Trinajstić information content (AvgIpc) is 3.90. The Morgan fingerprint density at radius 3 is 1.68 bits per heavy atom. The first kappa shape index (κ1) is 55.1. The molecule has 5 aliphatic rings. The zero-order valence-corrected chi connectivity index (χ0v) is 37.1. The first-order valence-corrected chi connectivity index (χ1v) is 18.6. The predicted octanol–water partition coefficient (Wildman–Crippen LogP) is 12.5. The molecule has 290 valence electrons. The Bertz CT molecular complexity index is 1710. The summed E-state index contributed by atoms with van der Waals surface area (Å²) in [6.45, 7) is 5.82. The molecular formula is C44H55BrClFe2NO3S. The van der Waals surface area contributed by atoms with Crippen molar-refractivity contribution >= 4 is 49.0 Å². The standard InChI is InChI=1S/C24H27BrN.C6H5ClO3S.2C5H6.4CH3.2Fe/c1-18-24(2,15-7-12-19-8-3-4-9-19)22-16-21(25)13-14-23(22)26(18)17-20-10-5-6-11-20;7-5-1-3-6(4-2-5)11(8,9)10;2*1-2-4-5-3-1;;;;;;/h3-6,8-11,13-14,16,19-20H,7,12,15,17H2,1-2H3;1-4H,(H,8,9,10);2*1-4H,5H2;4*1H3;;/q+1;;;;4*-1;2*+2/p-1. The van der Waals surface area contributed by atoms with Crippen LogP contribution in [0.25, 0.3) is 0 Å². The van der Waals surface area contributed by atoms with Crippen LogP contribution in [0.3, 0.4) is 0 Å². The van der Waals surface area contributed by atoms with Gasteiger partial charge in [-0.3, -0.25) is 0 Å². The van der Waals surface area contributed by atoms with E-state index in [1.807, 2.05) is 0 Å². The van der Waals surface area contributed by atoms with Gasteiger partial charge in [0.1, 0.15) is 10.1 Å². The summed E-state index contributed by atoms with van der Waals surface area (Å²) in [7, 11) is -4.33. The summed E-state index contributed by atoms with van der Waals surface area (Å²) in [5, 5.41) is 0.400. The molecule has 0 radical (unpaired) electrons. The van der Waals surface area contributed by atoms with Gasteiger partial charge in [-0.15, -0.1) is 0 Å². The van der Waals surface area contributed by atoms with Gasteiger partial charge in [0.05, 0.1) is 16.2 Å². The SMILES string of the molecule is C1=CCC=C1.C1=CCC=C1.CC1=[N+](CC2C=CC=C2)c2ccc(Br)cc2C1(C)CCCC1C=CC=C1.O=S(=O)([O-])c1ccc(Cl)cc1.[CH3-].[CH3-].[CH3-].[CH3-].[Fe+2].[Fe+2]. The van der Waals surface area contributed by atoms with Crippen LogP contribution in [0.4, 0.5) is 5.69 Å². The second-order valence-electron chi connectivity index (χ2n) is 12.0. The van der Waals surface area contributed by atoms with Crippen LogP contribution in [0.1, 0.15) is 51.5 Å². The van der Waals surface area contributed by atoms with Crippen LogP contribution >= 0.6 is 27.5 Å². The van der Waals surface area contributed by atoms with Crippen LogP contribution < -0.4 is 0 Å². The summed E-state index contributed by atoms with van der Waals surface area (Å²) in [5.41, 5.74) is 4.49. The van der Waals surface area contributed by atoms with Crippen molar-refractivity contribution in [1.29, 1.82) is 0 Å². The number of benzene rings is 2. The maximum Gasteiger partial charge on any atom is 2.00 e. The first-order chi connectivity index (χ1) is 22.6. The zero-order valence-electron chi connectivity index (χ0n) is 31.7. The predicted molar refractivity (Wildman–Crippen MR) is 225 cm³/mol. The third-order valence-electron chi connectivity index (χ3n) is 8.72. The molecule has 2 aromatic carbocycles. The van der Waals surface area contributed by atoms with Gasteiger partial charge in [0.15, 0.2) is 12.3 Å². The van der Waals surface area contributed by atoms with E-state index in [-0.39, 0.29) is 74.2 Å². The van der Waals surface area contributed by atoms with E-state index in [9.17, 15) is 13.0 Å². The third-order valence-corrected chi connectivity index (χ3v) is 10.3. The number of hydrogen-bond donors (Lipinski definition) is 0. The summed E-state index contributed by atoms with van der Waals surface area (Å²) in [4.78, 5) is -0.262. The fourth-order valence-electron chi connectivity index (χ4n) is 5.97. The van der Waals surface area contributed by atoms with Crippen molar-refractivity contribution in [3.05, 3.63) is 184 Å². The van der Waals surface area contributed by atoms with Gasteiger partial charge >= 0.3 is 34.1 Å². The zero-order chi connectivity index (χ0) is 33.7. The smallest absolute Gasteiger partial charge is 0.744 e. The summed E-state index contributed by atoms with van der Waals surface area (Å²) in [5.74, 6) is 1.14. The number of hydrogen-bond acceptors (Lipinski definition) is 3. The van der Waals surface area contributed by atoms with Crippen LogP contribution in [-0.4, -0.2) is 29.8 Å². The van der Waals surface area contributed by atoms with Crippen LogP contribution in [0, 0.1) is 41.5 Å². The van der Waals surface area contributed by atoms with Crippen LogP contribution in [0.15, 0.2) is 149 Å². The van der Waals surface area contributed by atoms with E-state index in [2.05, 4.69) is 150 Å². The molecule has 1 unspecified atom stereocenters. The van der Waals surface area contributed by atoms with Crippen molar-refractivity contribution in [1.82, 2.24) is 0 Å². The number of rotatable bonds is 7. The molecule has 1 heterocycles. The van der Waals surface area contributed by atoms with E-state index in [0.29, 0.717) is 16.9 Å². The number of nitrogens with zero attached hydrogens (tertiary/aromatic N) is 1. The molecule has 0 saturated carbocycles. The fraction of sp³-hybridized carbons (Fsp3) is 0.250. The minimum absolute atomic E-state index is 0. The van der Waals surface area contributed by atoms with Crippen LogP contribution in [0.2, 0.25) is 5.02 Å². The quantitative estimate of drug-likeness (QED) is 0.120. The minimum Gasteiger partial charge on any atom is -0.744 e. The topological polar surface area (TPSA) is 60.2 Å². The average molecular weight is 905 g/mol. The van der Waals surface area contributed by atoms with Gasteiger partial charge in [0.2, 0.25) is 5.69 Å². The largest absolute Gasteiger partial charge is 2.00 e. The van der Waals surface area contributed by atoms with Gasteiger partial charge in [0, 0.05) is 28.0 Å². The molecule has 1 atom stereocenters. The van der Waals surface area contributed by atoms with Crippen molar-refractivity contribution in [2.75, 3.05) is 6.54 Å². The van der Waals surface area contributed by atoms with Gasteiger partial charge in [-0.2, -0.15) is 4.58 Å². The van der Waals surface area contributed by atoms with Gasteiger partial charge in [-0.05, 0) is 74.9 Å². The van der Waals surface area contributed by atoms with Gasteiger partial charge in [-0.25, -0.2) is 8.42 Å². The monoisotopic (exact) mass is 903 g/mol. The molecule has 0 bridgehead atoms. The summed E-state index contributed by atoms with van der Waals surface area (Å²) < 4.78 is 34.8. The fourth-order valence-corrected chi connectivity index (χ4v) is 6.93. The number of allylic oxidation sites excluding steroid dienone is 14. The molecule has 0 aromatic heterocycles. The van der Waals surface area contributed by atoms with Crippen molar-refractivity contribution in [3.8, 4) is 0 Å². The summed E-state index contributed by atoms with van der Waals surface area (Å²) in [6.07, 6.45) is 40.6. The second-order valence-corrected chi connectivity index (χ2v) is 14.8. The van der Waals surface area contributed by atoms with E-state index in [0.717, 1.165) is 19.4 Å². The Labute approximate surface area is 357 Å². The Morgan fingerprint density at radius 2 is 1.25 bits per heavy atom. The van der Waals surface area contributed by atoms with Crippen LogP contribution in [0.5, 0.6) is 0 Å². The molecule has 0 fully saturated rings. The van der Waals surface area contributed by atoms with E-state index >= 15 is 0 Å². The van der Waals surface area contributed by atoms with Crippen molar-refractivity contribution in [3.63, 3.8) is 0 Å². The molecule has 7 rings (SSSR count). The minimum atomic E-state index is -4.33. The molecule has 0 amide bonds. The summed E-state index contributed by atoms with van der Waals surface area (Å²) in [6, 6.07) is 11.9. The maximum atomic E-state index is 10.3.